The van der Waals surface area contributed by atoms with E-state index in [1.807, 2.05) is 6.07 Å². The molecule has 1 N–H and O–H groups in total. The van der Waals surface area contributed by atoms with Gasteiger partial charge < -0.3 is 5.11 Å². The molecule has 0 bridgehead atoms. The van der Waals surface area contributed by atoms with Gasteiger partial charge in [-0.3, -0.25) is 9.78 Å². The summed E-state index contributed by atoms with van der Waals surface area (Å²) < 4.78 is 0. The molecule has 0 spiro atoms. The molecule has 1 heterocycles. The second-order valence-corrected chi connectivity index (χ2v) is 2.09. The topological polar surface area (TPSA) is 50.2 Å². The van der Waals surface area contributed by atoms with Crippen molar-refractivity contribution in [3.05, 3.63) is 36.5 Å². The van der Waals surface area contributed by atoms with Gasteiger partial charge in [0.1, 0.15) is 0 Å². The van der Waals surface area contributed by atoms with Crippen LogP contribution in [-0.2, 0) is 4.79 Å². The lowest BCUT2D eigenvalue weighted by atomic mass is 10.2. The van der Waals surface area contributed by atoms with Crippen LogP contribution in [0.2, 0.25) is 0 Å². The summed E-state index contributed by atoms with van der Waals surface area (Å²) in [5.74, 6) is -0.825. The third-order valence-corrected chi connectivity index (χ3v) is 1.20. The molecule has 0 amide bonds. The Balaban J connectivity index is 2.45. The lowest BCUT2D eigenvalue weighted by molar-refractivity contribution is -0.136. The second-order valence-electron chi connectivity index (χ2n) is 2.09. The molecule has 0 saturated heterocycles. The Morgan fingerprint density at radius 2 is 2.55 bits per heavy atom. The number of hydrogen-bond donors (Lipinski definition) is 1. The Bertz CT molecular complexity index is 233. The molecule has 1 aromatic heterocycles. The summed E-state index contributed by atoms with van der Waals surface area (Å²) in [6.45, 7) is 0. The predicted octanol–water partition coefficient (Wildman–Crippen LogP) is 1.11. The maximum Gasteiger partial charge on any atom is 0.303 e. The SMILES string of the molecule is O=C(O)C[CH]c1cccnc1. The van der Waals surface area contributed by atoms with Crippen LogP contribution in [0, 0.1) is 6.42 Å². The van der Waals surface area contributed by atoms with Crippen LogP contribution < -0.4 is 0 Å². The molecule has 0 aliphatic heterocycles. The highest BCUT2D eigenvalue weighted by molar-refractivity contribution is 5.68. The van der Waals surface area contributed by atoms with Crippen LogP contribution in [0.3, 0.4) is 0 Å². The molecule has 57 valence electrons. The van der Waals surface area contributed by atoms with Gasteiger partial charge in [0.25, 0.3) is 0 Å². The van der Waals surface area contributed by atoms with Crippen molar-refractivity contribution in [2.45, 2.75) is 6.42 Å². The lowest BCUT2D eigenvalue weighted by Crippen LogP contribution is -1.95. The van der Waals surface area contributed by atoms with Crippen molar-refractivity contribution in [2.24, 2.45) is 0 Å². The van der Waals surface area contributed by atoms with Crippen LogP contribution in [0.5, 0.6) is 0 Å². The van der Waals surface area contributed by atoms with Crippen LogP contribution >= 0.6 is 0 Å². The van der Waals surface area contributed by atoms with Gasteiger partial charge in [0, 0.05) is 18.8 Å². The van der Waals surface area contributed by atoms with E-state index < -0.39 is 5.97 Å². The summed E-state index contributed by atoms with van der Waals surface area (Å²) in [4.78, 5) is 14.0. The number of carboxylic acids is 1. The van der Waals surface area contributed by atoms with Gasteiger partial charge in [-0.25, -0.2) is 0 Å². The highest BCUT2D eigenvalue weighted by Crippen LogP contribution is 2.01. The number of aromatic nitrogens is 1. The van der Waals surface area contributed by atoms with Gasteiger partial charge in [0.2, 0.25) is 0 Å². The fourth-order valence-corrected chi connectivity index (χ4v) is 0.702. The quantitative estimate of drug-likeness (QED) is 0.702. The van der Waals surface area contributed by atoms with Crippen molar-refractivity contribution in [3.8, 4) is 0 Å². The zero-order chi connectivity index (χ0) is 8.10. The molecule has 3 nitrogen and oxygen atoms in total. The third kappa shape index (κ3) is 2.80. The van der Waals surface area contributed by atoms with Crippen LogP contribution in [0.15, 0.2) is 24.5 Å². The molecule has 0 atom stereocenters. The molecule has 0 aliphatic rings. The molecule has 1 rings (SSSR count). The molecule has 11 heavy (non-hydrogen) atoms. The first kappa shape index (κ1) is 7.72. The average molecular weight is 150 g/mol. The van der Waals surface area contributed by atoms with Crippen LogP contribution in [0.25, 0.3) is 0 Å². The van der Waals surface area contributed by atoms with Crippen molar-refractivity contribution in [2.75, 3.05) is 0 Å². The minimum absolute atomic E-state index is 0.0473. The van der Waals surface area contributed by atoms with E-state index >= 15 is 0 Å². The smallest absolute Gasteiger partial charge is 0.303 e. The van der Waals surface area contributed by atoms with Crippen LogP contribution in [-0.4, -0.2) is 16.1 Å². The Morgan fingerprint density at radius 3 is 3.09 bits per heavy atom. The standard InChI is InChI=1S/C8H8NO2/c10-8(11)4-3-7-2-1-5-9-6-7/h1-3,5-6H,4H2,(H,10,11). The summed E-state index contributed by atoms with van der Waals surface area (Å²) in [6, 6.07) is 3.59. The average Bonchev–Trinajstić information content (AvgIpc) is 2.03. The first-order valence-electron chi connectivity index (χ1n) is 3.24. The molecule has 0 aliphatic carbocycles. The van der Waals surface area contributed by atoms with E-state index in [9.17, 15) is 4.79 Å². The molecular weight excluding hydrogens is 142 g/mol. The maximum atomic E-state index is 10.1. The fraction of sp³-hybridized carbons (Fsp3) is 0.125. The molecule has 1 aromatic rings. The monoisotopic (exact) mass is 150 g/mol. The van der Waals surface area contributed by atoms with E-state index in [4.69, 9.17) is 5.11 Å². The van der Waals surface area contributed by atoms with E-state index in [0.29, 0.717) is 0 Å². The molecular formula is C8H8NO2. The molecule has 0 unspecified atom stereocenters. The van der Waals surface area contributed by atoms with E-state index in [1.165, 1.54) is 0 Å². The molecule has 0 fully saturated rings. The minimum Gasteiger partial charge on any atom is -0.481 e. The summed E-state index contributed by atoms with van der Waals surface area (Å²) in [5, 5.41) is 8.32. The normalized spacial score (nSPS) is 9.45. The molecule has 0 aromatic carbocycles. The number of rotatable bonds is 3. The van der Waals surface area contributed by atoms with Gasteiger partial charge in [-0.2, -0.15) is 0 Å². The Labute approximate surface area is 64.7 Å². The number of hydrogen-bond acceptors (Lipinski definition) is 2. The van der Waals surface area contributed by atoms with Gasteiger partial charge in [0.15, 0.2) is 0 Å². The Hall–Kier alpha value is -1.38. The number of carbonyl (C=O) groups is 1. The zero-order valence-electron chi connectivity index (χ0n) is 5.90. The Kier molecular flexibility index (Phi) is 2.60. The van der Waals surface area contributed by atoms with Crippen molar-refractivity contribution < 1.29 is 9.90 Å². The first-order chi connectivity index (χ1) is 5.29. The third-order valence-electron chi connectivity index (χ3n) is 1.20. The van der Waals surface area contributed by atoms with E-state index in [2.05, 4.69) is 4.98 Å². The summed E-state index contributed by atoms with van der Waals surface area (Å²) in [6.07, 6.45) is 4.95. The fourth-order valence-electron chi connectivity index (χ4n) is 0.702. The van der Waals surface area contributed by atoms with E-state index in [-0.39, 0.29) is 6.42 Å². The largest absolute Gasteiger partial charge is 0.481 e. The molecule has 1 radical (unpaired) electrons. The maximum absolute atomic E-state index is 10.1. The second kappa shape index (κ2) is 3.71. The van der Waals surface area contributed by atoms with Gasteiger partial charge >= 0.3 is 5.97 Å². The van der Waals surface area contributed by atoms with Crippen molar-refractivity contribution in [1.29, 1.82) is 0 Å². The lowest BCUT2D eigenvalue weighted by Gasteiger charge is -1.94. The number of pyridine rings is 1. The van der Waals surface area contributed by atoms with Crippen LogP contribution in [0.4, 0.5) is 0 Å². The Morgan fingerprint density at radius 1 is 1.73 bits per heavy atom. The first-order valence-corrected chi connectivity index (χ1v) is 3.24. The molecule has 0 saturated carbocycles. The van der Waals surface area contributed by atoms with Crippen molar-refractivity contribution in [3.63, 3.8) is 0 Å². The highest BCUT2D eigenvalue weighted by atomic mass is 16.4. The van der Waals surface area contributed by atoms with Gasteiger partial charge in [0.05, 0.1) is 6.42 Å². The van der Waals surface area contributed by atoms with Crippen molar-refractivity contribution >= 4 is 5.97 Å². The van der Waals surface area contributed by atoms with E-state index in [1.54, 1.807) is 24.9 Å². The summed E-state index contributed by atoms with van der Waals surface area (Å²) in [5.41, 5.74) is 0.843. The predicted molar refractivity (Wildman–Crippen MR) is 39.9 cm³/mol. The summed E-state index contributed by atoms with van der Waals surface area (Å²) >= 11 is 0. The van der Waals surface area contributed by atoms with E-state index in [0.717, 1.165) is 5.56 Å². The zero-order valence-corrected chi connectivity index (χ0v) is 5.90. The van der Waals surface area contributed by atoms with Crippen molar-refractivity contribution in [1.82, 2.24) is 4.98 Å². The number of carboxylic acid groups (broad SMARTS) is 1. The minimum atomic E-state index is -0.825. The summed E-state index contributed by atoms with van der Waals surface area (Å²) in [7, 11) is 0. The van der Waals surface area contributed by atoms with Gasteiger partial charge in [-0.05, 0) is 11.6 Å². The highest BCUT2D eigenvalue weighted by Gasteiger charge is 1.97. The number of aliphatic carboxylic acids is 1. The van der Waals surface area contributed by atoms with Crippen LogP contribution in [0.1, 0.15) is 12.0 Å². The number of nitrogens with zero attached hydrogens (tertiary/aromatic N) is 1. The molecule has 3 heteroatoms. The van der Waals surface area contributed by atoms with Gasteiger partial charge in [-0.15, -0.1) is 0 Å². The van der Waals surface area contributed by atoms with Gasteiger partial charge in [-0.1, -0.05) is 6.07 Å².